The highest BCUT2D eigenvalue weighted by Gasteiger charge is 2.16. The minimum absolute atomic E-state index is 0.115. The van der Waals surface area contributed by atoms with E-state index in [4.69, 9.17) is 4.74 Å². The number of esters is 1. The Morgan fingerprint density at radius 3 is 2.48 bits per heavy atom. The van der Waals surface area contributed by atoms with E-state index in [1.807, 2.05) is 11.8 Å². The summed E-state index contributed by atoms with van der Waals surface area (Å²) in [5.41, 5.74) is 1.33. The lowest BCUT2D eigenvalue weighted by molar-refractivity contribution is -0.147. The van der Waals surface area contributed by atoms with Gasteiger partial charge < -0.3 is 9.84 Å². The van der Waals surface area contributed by atoms with Gasteiger partial charge in [0.25, 0.3) is 0 Å². The summed E-state index contributed by atoms with van der Waals surface area (Å²) in [5, 5.41) is 10.2. The number of hydrogen-bond acceptors (Lipinski definition) is 4. The van der Waals surface area contributed by atoms with E-state index in [2.05, 4.69) is 0 Å². The molecular formula is C21H25F2NO3. The third kappa shape index (κ3) is 7.45. The summed E-state index contributed by atoms with van der Waals surface area (Å²) >= 11 is 0. The molecule has 0 unspecified atom stereocenters. The van der Waals surface area contributed by atoms with E-state index >= 15 is 0 Å². The number of ether oxygens (including phenoxy) is 1. The predicted molar refractivity (Wildman–Crippen MR) is 98.8 cm³/mol. The lowest BCUT2D eigenvalue weighted by Crippen LogP contribution is -2.35. The topological polar surface area (TPSA) is 49.8 Å². The molecule has 0 radical (unpaired) electrons. The Kier molecular flexibility index (Phi) is 8.36. The van der Waals surface area contributed by atoms with Gasteiger partial charge in [-0.1, -0.05) is 37.3 Å². The molecule has 2 aromatic rings. The van der Waals surface area contributed by atoms with E-state index in [1.165, 1.54) is 18.2 Å². The van der Waals surface area contributed by atoms with E-state index in [9.17, 15) is 18.7 Å². The van der Waals surface area contributed by atoms with E-state index in [0.717, 1.165) is 5.56 Å². The van der Waals surface area contributed by atoms with Crippen LogP contribution >= 0.6 is 0 Å². The summed E-state index contributed by atoms with van der Waals surface area (Å²) in [6.07, 6.45) is 0.0817. The highest BCUT2D eigenvalue weighted by Crippen LogP contribution is 2.14. The molecule has 2 aromatic carbocycles. The highest BCUT2D eigenvalue weighted by atomic mass is 19.1. The predicted octanol–water partition coefficient (Wildman–Crippen LogP) is 3.67. The van der Waals surface area contributed by atoms with Crippen molar-refractivity contribution in [1.29, 1.82) is 0 Å². The molecule has 0 saturated carbocycles. The molecule has 146 valence electrons. The first-order chi connectivity index (χ1) is 13.0. The van der Waals surface area contributed by atoms with Gasteiger partial charge in [-0.3, -0.25) is 9.69 Å². The van der Waals surface area contributed by atoms with Crippen molar-refractivity contribution in [2.24, 2.45) is 0 Å². The van der Waals surface area contributed by atoms with E-state index in [-0.39, 0.29) is 37.3 Å². The summed E-state index contributed by atoms with van der Waals surface area (Å²) in [5.74, 6) is -1.01. The van der Waals surface area contributed by atoms with Crippen LogP contribution in [-0.2, 0) is 22.6 Å². The van der Waals surface area contributed by atoms with Crippen molar-refractivity contribution in [3.8, 4) is 0 Å². The summed E-state index contributed by atoms with van der Waals surface area (Å²) < 4.78 is 32.2. The van der Waals surface area contributed by atoms with Gasteiger partial charge in [0.15, 0.2) is 0 Å². The zero-order valence-electron chi connectivity index (χ0n) is 15.4. The molecule has 0 amide bonds. The van der Waals surface area contributed by atoms with Gasteiger partial charge in [0, 0.05) is 31.6 Å². The minimum atomic E-state index is -0.905. The Morgan fingerprint density at radius 1 is 1.11 bits per heavy atom. The highest BCUT2D eigenvalue weighted by molar-refractivity contribution is 5.69. The van der Waals surface area contributed by atoms with Crippen LogP contribution in [0.5, 0.6) is 0 Å². The Bertz CT molecular complexity index is 722. The number of aliphatic hydroxyl groups excluding tert-OH is 1. The Labute approximate surface area is 158 Å². The largest absolute Gasteiger partial charge is 0.463 e. The molecule has 4 nitrogen and oxygen atoms in total. The normalized spacial score (nSPS) is 12.2. The summed E-state index contributed by atoms with van der Waals surface area (Å²) in [6.45, 7) is 2.61. The van der Waals surface area contributed by atoms with Gasteiger partial charge in [0.05, 0.1) is 0 Å². The molecular weight excluding hydrogens is 352 g/mol. The van der Waals surface area contributed by atoms with E-state index in [1.54, 1.807) is 30.3 Å². The Morgan fingerprint density at radius 2 is 1.81 bits per heavy atom. The quantitative estimate of drug-likeness (QED) is 0.642. The van der Waals surface area contributed by atoms with Crippen LogP contribution in [0, 0.1) is 11.6 Å². The SMILES string of the molecule is CCCC(=O)OC[C@@H](O)CN(Cc1ccc(F)cc1)Cc1ccccc1F. The number of halogens is 2. The van der Waals surface area contributed by atoms with Crippen molar-refractivity contribution in [1.82, 2.24) is 4.90 Å². The molecule has 0 spiro atoms. The molecule has 0 aliphatic rings. The van der Waals surface area contributed by atoms with Gasteiger partial charge in [0.1, 0.15) is 24.3 Å². The first-order valence-corrected chi connectivity index (χ1v) is 9.01. The number of nitrogens with zero attached hydrogens (tertiary/aromatic N) is 1. The van der Waals surface area contributed by atoms with Gasteiger partial charge in [-0.2, -0.15) is 0 Å². The maximum absolute atomic E-state index is 14.0. The molecule has 0 heterocycles. The van der Waals surface area contributed by atoms with Crippen LogP contribution in [0.2, 0.25) is 0 Å². The third-order valence-corrected chi connectivity index (χ3v) is 4.03. The van der Waals surface area contributed by atoms with Crippen LogP contribution in [0.4, 0.5) is 8.78 Å². The molecule has 6 heteroatoms. The second kappa shape index (κ2) is 10.7. The summed E-state index contributed by atoms with van der Waals surface area (Å²) in [4.78, 5) is 13.3. The average Bonchev–Trinajstić information content (AvgIpc) is 2.64. The number of carbonyl (C=O) groups is 1. The van der Waals surface area contributed by atoms with Crippen molar-refractivity contribution in [3.63, 3.8) is 0 Å². The molecule has 0 aromatic heterocycles. The minimum Gasteiger partial charge on any atom is -0.463 e. The molecule has 0 bridgehead atoms. The molecule has 27 heavy (non-hydrogen) atoms. The number of rotatable bonds is 10. The fourth-order valence-corrected chi connectivity index (χ4v) is 2.72. The van der Waals surface area contributed by atoms with Gasteiger partial charge in [0.2, 0.25) is 0 Å². The van der Waals surface area contributed by atoms with Gasteiger partial charge >= 0.3 is 5.97 Å². The third-order valence-electron chi connectivity index (χ3n) is 4.03. The fraction of sp³-hybridized carbons (Fsp3) is 0.381. The Hall–Kier alpha value is -2.31. The number of aliphatic hydroxyl groups is 1. The first kappa shape index (κ1) is 21.0. The molecule has 2 rings (SSSR count). The van der Waals surface area contributed by atoms with Crippen molar-refractivity contribution in [2.45, 2.75) is 39.0 Å². The average molecular weight is 377 g/mol. The van der Waals surface area contributed by atoms with Crippen molar-refractivity contribution in [2.75, 3.05) is 13.2 Å². The second-order valence-electron chi connectivity index (χ2n) is 6.47. The first-order valence-electron chi connectivity index (χ1n) is 9.01. The van der Waals surface area contributed by atoms with Crippen molar-refractivity contribution < 1.29 is 23.4 Å². The summed E-state index contributed by atoms with van der Waals surface area (Å²) in [7, 11) is 0. The van der Waals surface area contributed by atoms with Crippen molar-refractivity contribution in [3.05, 3.63) is 71.3 Å². The van der Waals surface area contributed by atoms with Crippen LogP contribution in [0.3, 0.4) is 0 Å². The standard InChI is InChI=1S/C21H25F2NO3/c1-2-5-21(26)27-15-19(25)14-24(12-16-8-10-18(22)11-9-16)13-17-6-3-4-7-20(17)23/h3-4,6-11,19,25H,2,5,12-15H2,1H3/t19-/m0/s1. The van der Waals surface area contributed by atoms with Gasteiger partial charge in [-0.25, -0.2) is 8.78 Å². The Balaban J connectivity index is 2.03. The van der Waals surface area contributed by atoms with Gasteiger partial charge in [-0.15, -0.1) is 0 Å². The van der Waals surface area contributed by atoms with E-state index < -0.39 is 6.10 Å². The van der Waals surface area contributed by atoms with Crippen molar-refractivity contribution >= 4 is 5.97 Å². The molecule has 1 N–H and O–H groups in total. The molecule has 0 aliphatic carbocycles. The molecule has 1 atom stereocenters. The van der Waals surface area contributed by atoms with Crippen LogP contribution in [0.15, 0.2) is 48.5 Å². The number of carbonyl (C=O) groups excluding carboxylic acids is 1. The lowest BCUT2D eigenvalue weighted by Gasteiger charge is -2.25. The zero-order chi connectivity index (χ0) is 19.6. The maximum atomic E-state index is 14.0. The molecule has 0 saturated heterocycles. The van der Waals surface area contributed by atoms with Crippen LogP contribution < -0.4 is 0 Å². The monoisotopic (exact) mass is 377 g/mol. The summed E-state index contributed by atoms with van der Waals surface area (Å²) in [6, 6.07) is 12.4. The van der Waals surface area contributed by atoms with E-state index in [0.29, 0.717) is 24.9 Å². The van der Waals surface area contributed by atoms with Crippen LogP contribution in [-0.4, -0.2) is 35.2 Å². The molecule has 0 fully saturated rings. The molecule has 0 aliphatic heterocycles. The fourth-order valence-electron chi connectivity index (χ4n) is 2.72. The zero-order valence-corrected chi connectivity index (χ0v) is 15.4. The van der Waals surface area contributed by atoms with Crippen LogP contribution in [0.1, 0.15) is 30.9 Å². The lowest BCUT2D eigenvalue weighted by atomic mass is 10.1. The van der Waals surface area contributed by atoms with Crippen LogP contribution in [0.25, 0.3) is 0 Å². The maximum Gasteiger partial charge on any atom is 0.305 e. The van der Waals surface area contributed by atoms with Gasteiger partial charge in [-0.05, 0) is 30.2 Å². The second-order valence-corrected chi connectivity index (χ2v) is 6.47. The number of benzene rings is 2. The number of hydrogen-bond donors (Lipinski definition) is 1. The smallest absolute Gasteiger partial charge is 0.305 e.